The molecule has 1 N–H and O–H groups in total. The Morgan fingerprint density at radius 3 is 2.60 bits per heavy atom. The van der Waals surface area contributed by atoms with Crippen molar-refractivity contribution in [3.8, 4) is 11.8 Å². The number of nitrogens with one attached hydrogen (secondary N) is 1. The number of carbonyl (C=O) groups is 1. The van der Waals surface area contributed by atoms with Gasteiger partial charge in [-0.25, -0.2) is 0 Å². The molecule has 0 saturated carbocycles. The largest absolute Gasteiger partial charge is 0.488 e. The summed E-state index contributed by atoms with van der Waals surface area (Å²) < 4.78 is 5.94. The monoisotopic (exact) mass is 334 g/mol. The van der Waals surface area contributed by atoms with Crippen molar-refractivity contribution in [2.45, 2.75) is 38.7 Å². The molecule has 128 valence electrons. The molecule has 1 heterocycles. The Balaban J connectivity index is 1.59. The third-order valence-corrected chi connectivity index (χ3v) is 4.43. The summed E-state index contributed by atoms with van der Waals surface area (Å²) in [6, 6.07) is 15.0. The number of hydrogen-bond acceptors (Lipinski definition) is 3. The fourth-order valence-corrected chi connectivity index (χ4v) is 2.91. The molecule has 4 nitrogen and oxygen atoms in total. The van der Waals surface area contributed by atoms with E-state index in [1.54, 1.807) is 24.3 Å². The van der Waals surface area contributed by atoms with Gasteiger partial charge in [-0.05, 0) is 46.9 Å². The molecule has 2 aromatic carbocycles. The quantitative estimate of drug-likeness (QED) is 0.933. The number of carbonyl (C=O) groups excluding carboxylic acids is 1. The summed E-state index contributed by atoms with van der Waals surface area (Å²) >= 11 is 0. The summed E-state index contributed by atoms with van der Waals surface area (Å²) in [7, 11) is 0. The number of amides is 1. The first-order chi connectivity index (χ1) is 11.9. The number of nitrogens with zero attached hydrogens (tertiary/aromatic N) is 1. The van der Waals surface area contributed by atoms with Crippen LogP contribution in [0, 0.1) is 11.3 Å². The Morgan fingerprint density at radius 2 is 1.96 bits per heavy atom. The minimum absolute atomic E-state index is 0.0486. The normalized spacial score (nSPS) is 15.8. The number of fused-ring (bicyclic) bond motifs is 1. The van der Waals surface area contributed by atoms with Crippen LogP contribution in [0.15, 0.2) is 42.5 Å². The highest BCUT2D eigenvalue weighted by atomic mass is 16.5. The van der Waals surface area contributed by atoms with E-state index in [0.717, 1.165) is 12.2 Å². The maximum absolute atomic E-state index is 12.2. The maximum atomic E-state index is 12.2. The van der Waals surface area contributed by atoms with Gasteiger partial charge in [0.15, 0.2) is 0 Å². The van der Waals surface area contributed by atoms with Crippen molar-refractivity contribution in [3.05, 3.63) is 64.7 Å². The molecule has 25 heavy (non-hydrogen) atoms. The Bertz CT molecular complexity index is 826. The summed E-state index contributed by atoms with van der Waals surface area (Å²) in [5, 5.41) is 11.7. The standard InChI is InChI=1S/C21H22N2O2/c1-21(2,3)17-8-9-19-16(10-17)11-18(25-19)13-23-20(24)15-6-4-14(12-22)5-7-15/h4-10,18H,11,13H2,1-3H3,(H,23,24). The second-order valence-electron chi connectivity index (χ2n) is 7.42. The van der Waals surface area contributed by atoms with Crippen molar-refractivity contribution in [1.82, 2.24) is 5.32 Å². The van der Waals surface area contributed by atoms with Crippen molar-refractivity contribution < 1.29 is 9.53 Å². The van der Waals surface area contributed by atoms with E-state index in [4.69, 9.17) is 10.00 Å². The minimum atomic E-state index is -0.153. The predicted octanol–water partition coefficient (Wildman–Crippen LogP) is 3.59. The van der Waals surface area contributed by atoms with Gasteiger partial charge >= 0.3 is 0 Å². The zero-order valence-electron chi connectivity index (χ0n) is 14.8. The molecule has 0 bridgehead atoms. The van der Waals surface area contributed by atoms with Crippen LogP contribution in [0.2, 0.25) is 0 Å². The van der Waals surface area contributed by atoms with Gasteiger partial charge in [-0.2, -0.15) is 5.26 Å². The predicted molar refractivity (Wildman–Crippen MR) is 96.8 cm³/mol. The van der Waals surface area contributed by atoms with Crippen molar-refractivity contribution in [3.63, 3.8) is 0 Å². The number of benzene rings is 2. The molecule has 1 aliphatic heterocycles. The van der Waals surface area contributed by atoms with Crippen molar-refractivity contribution >= 4 is 5.91 Å². The van der Waals surface area contributed by atoms with E-state index in [-0.39, 0.29) is 17.4 Å². The Morgan fingerprint density at radius 1 is 1.24 bits per heavy atom. The highest BCUT2D eigenvalue weighted by Crippen LogP contribution is 2.33. The second kappa shape index (κ2) is 6.60. The highest BCUT2D eigenvalue weighted by Gasteiger charge is 2.25. The summed E-state index contributed by atoms with van der Waals surface area (Å²) in [4.78, 5) is 12.2. The second-order valence-corrected chi connectivity index (χ2v) is 7.42. The van der Waals surface area contributed by atoms with Gasteiger partial charge in [-0.3, -0.25) is 4.79 Å². The summed E-state index contributed by atoms with van der Waals surface area (Å²) in [5.41, 5.74) is 3.68. The smallest absolute Gasteiger partial charge is 0.251 e. The Hall–Kier alpha value is -2.80. The molecule has 0 saturated heterocycles. The van der Waals surface area contributed by atoms with Crippen LogP contribution in [0.5, 0.6) is 5.75 Å². The van der Waals surface area contributed by atoms with Crippen LogP contribution >= 0.6 is 0 Å². The fourth-order valence-electron chi connectivity index (χ4n) is 2.91. The molecule has 1 aliphatic rings. The molecule has 3 rings (SSSR count). The van der Waals surface area contributed by atoms with Crippen LogP contribution in [0.1, 0.15) is 47.8 Å². The van der Waals surface area contributed by atoms with Gasteiger partial charge in [0.05, 0.1) is 18.2 Å². The van der Waals surface area contributed by atoms with Crippen LogP contribution in [0.3, 0.4) is 0 Å². The average Bonchev–Trinajstić information content (AvgIpc) is 3.01. The van der Waals surface area contributed by atoms with E-state index in [2.05, 4.69) is 38.2 Å². The van der Waals surface area contributed by atoms with E-state index >= 15 is 0 Å². The molecular weight excluding hydrogens is 312 g/mol. The van der Waals surface area contributed by atoms with Crippen LogP contribution in [0.25, 0.3) is 0 Å². The van der Waals surface area contributed by atoms with Crippen molar-refractivity contribution in [1.29, 1.82) is 5.26 Å². The zero-order valence-corrected chi connectivity index (χ0v) is 14.8. The molecule has 0 spiro atoms. The molecule has 1 unspecified atom stereocenters. The molecular formula is C21H22N2O2. The van der Waals surface area contributed by atoms with Gasteiger partial charge in [0.25, 0.3) is 5.91 Å². The number of nitriles is 1. The van der Waals surface area contributed by atoms with Crippen LogP contribution in [-0.2, 0) is 11.8 Å². The summed E-state index contributed by atoms with van der Waals surface area (Å²) in [6.45, 7) is 7.04. The SMILES string of the molecule is CC(C)(C)c1ccc2c(c1)CC(CNC(=O)c1ccc(C#N)cc1)O2. The Kier molecular flexibility index (Phi) is 4.50. The van der Waals surface area contributed by atoms with Gasteiger partial charge in [0, 0.05) is 12.0 Å². The van der Waals surface area contributed by atoms with Gasteiger partial charge in [-0.1, -0.05) is 32.9 Å². The first-order valence-electron chi connectivity index (χ1n) is 8.45. The lowest BCUT2D eigenvalue weighted by molar-refractivity contribution is 0.0933. The highest BCUT2D eigenvalue weighted by molar-refractivity contribution is 5.94. The van der Waals surface area contributed by atoms with E-state index in [1.165, 1.54) is 11.1 Å². The average molecular weight is 334 g/mol. The summed E-state index contributed by atoms with van der Waals surface area (Å²) in [5.74, 6) is 0.755. The van der Waals surface area contributed by atoms with E-state index in [9.17, 15) is 4.79 Å². The number of rotatable bonds is 3. The number of ether oxygens (including phenoxy) is 1. The van der Waals surface area contributed by atoms with Gasteiger partial charge in [0.1, 0.15) is 11.9 Å². The first kappa shape index (κ1) is 17.0. The molecule has 0 aromatic heterocycles. The maximum Gasteiger partial charge on any atom is 0.251 e. The molecule has 0 fully saturated rings. The van der Waals surface area contributed by atoms with Crippen LogP contribution in [0.4, 0.5) is 0 Å². The van der Waals surface area contributed by atoms with E-state index < -0.39 is 0 Å². The molecule has 1 amide bonds. The fraction of sp³-hybridized carbons (Fsp3) is 0.333. The minimum Gasteiger partial charge on any atom is -0.488 e. The van der Waals surface area contributed by atoms with Gasteiger partial charge in [0.2, 0.25) is 0 Å². The molecule has 0 aliphatic carbocycles. The van der Waals surface area contributed by atoms with Gasteiger partial charge < -0.3 is 10.1 Å². The lowest BCUT2D eigenvalue weighted by atomic mass is 9.86. The topological polar surface area (TPSA) is 62.1 Å². The number of hydrogen-bond donors (Lipinski definition) is 1. The lowest BCUT2D eigenvalue weighted by Gasteiger charge is -2.19. The van der Waals surface area contributed by atoms with E-state index in [1.807, 2.05) is 12.1 Å². The van der Waals surface area contributed by atoms with Crippen molar-refractivity contribution in [2.75, 3.05) is 6.54 Å². The third-order valence-electron chi connectivity index (χ3n) is 4.43. The van der Waals surface area contributed by atoms with E-state index in [0.29, 0.717) is 17.7 Å². The molecule has 4 heteroatoms. The first-order valence-corrected chi connectivity index (χ1v) is 8.45. The zero-order chi connectivity index (χ0) is 18.0. The van der Waals surface area contributed by atoms with Crippen molar-refractivity contribution in [2.24, 2.45) is 0 Å². The lowest BCUT2D eigenvalue weighted by Crippen LogP contribution is -2.34. The van der Waals surface area contributed by atoms with Crippen LogP contribution < -0.4 is 10.1 Å². The van der Waals surface area contributed by atoms with Gasteiger partial charge in [-0.15, -0.1) is 0 Å². The third kappa shape index (κ3) is 3.83. The Labute approximate surface area is 148 Å². The summed E-state index contributed by atoms with van der Waals surface area (Å²) in [6.07, 6.45) is 0.750. The molecule has 0 radical (unpaired) electrons. The molecule has 2 aromatic rings. The molecule has 1 atom stereocenters. The van der Waals surface area contributed by atoms with Crippen LogP contribution in [-0.4, -0.2) is 18.6 Å².